The van der Waals surface area contributed by atoms with Gasteiger partial charge in [-0.05, 0) is 19.3 Å². The van der Waals surface area contributed by atoms with Crippen LogP contribution in [-0.2, 0) is 9.84 Å². The summed E-state index contributed by atoms with van der Waals surface area (Å²) in [6.07, 6.45) is 0.860. The number of nitrogens with zero attached hydrogens (tertiary/aromatic N) is 1. The lowest BCUT2D eigenvalue weighted by atomic mass is 10.1. The van der Waals surface area contributed by atoms with Crippen molar-refractivity contribution in [2.24, 2.45) is 5.92 Å². The summed E-state index contributed by atoms with van der Waals surface area (Å²) < 4.78 is 22.7. The third-order valence-corrected chi connectivity index (χ3v) is 5.30. The van der Waals surface area contributed by atoms with Gasteiger partial charge in [-0.1, -0.05) is 0 Å². The van der Waals surface area contributed by atoms with Gasteiger partial charge in [-0.3, -0.25) is 4.90 Å². The SMILES string of the molecule is CC1CNCCN1CC1CCS(=O)(=O)C1. The van der Waals surface area contributed by atoms with E-state index in [1.54, 1.807) is 0 Å². The van der Waals surface area contributed by atoms with Gasteiger partial charge in [0.1, 0.15) is 0 Å². The number of rotatable bonds is 2. The van der Waals surface area contributed by atoms with Crippen molar-refractivity contribution in [2.75, 3.05) is 37.7 Å². The molecule has 15 heavy (non-hydrogen) atoms. The van der Waals surface area contributed by atoms with Crippen molar-refractivity contribution in [1.82, 2.24) is 10.2 Å². The van der Waals surface area contributed by atoms with Gasteiger partial charge in [0.05, 0.1) is 11.5 Å². The van der Waals surface area contributed by atoms with E-state index in [0.29, 0.717) is 23.5 Å². The van der Waals surface area contributed by atoms with Gasteiger partial charge in [-0.2, -0.15) is 0 Å². The first-order valence-corrected chi connectivity index (χ1v) is 7.54. The maximum atomic E-state index is 11.3. The van der Waals surface area contributed by atoms with E-state index < -0.39 is 9.84 Å². The lowest BCUT2D eigenvalue weighted by Crippen LogP contribution is -2.51. The maximum Gasteiger partial charge on any atom is 0.150 e. The molecule has 5 heteroatoms. The van der Waals surface area contributed by atoms with Crippen LogP contribution in [0.25, 0.3) is 0 Å². The summed E-state index contributed by atoms with van der Waals surface area (Å²) in [6.45, 7) is 6.28. The molecule has 4 nitrogen and oxygen atoms in total. The summed E-state index contributed by atoms with van der Waals surface area (Å²) in [5.41, 5.74) is 0. The maximum absolute atomic E-state index is 11.3. The van der Waals surface area contributed by atoms with Gasteiger partial charge in [-0.25, -0.2) is 8.42 Å². The van der Waals surface area contributed by atoms with Gasteiger partial charge >= 0.3 is 0 Å². The van der Waals surface area contributed by atoms with Crippen LogP contribution in [0, 0.1) is 5.92 Å². The number of sulfone groups is 1. The standard InChI is InChI=1S/C10H20N2O2S/c1-9-6-11-3-4-12(9)7-10-2-5-15(13,14)8-10/h9-11H,2-8H2,1H3. The molecule has 2 heterocycles. The fourth-order valence-electron chi connectivity index (χ4n) is 2.50. The molecule has 2 aliphatic rings. The zero-order valence-corrected chi connectivity index (χ0v) is 10.1. The average molecular weight is 232 g/mol. The average Bonchev–Trinajstić information content (AvgIpc) is 2.50. The zero-order valence-electron chi connectivity index (χ0n) is 9.28. The molecule has 0 bridgehead atoms. The van der Waals surface area contributed by atoms with Crippen molar-refractivity contribution >= 4 is 9.84 Å². The third kappa shape index (κ3) is 2.92. The minimum atomic E-state index is -2.71. The molecule has 0 aromatic carbocycles. The summed E-state index contributed by atoms with van der Waals surface area (Å²) in [5, 5.41) is 3.35. The summed E-state index contributed by atoms with van der Waals surface area (Å²) in [5.74, 6) is 1.18. The molecule has 2 aliphatic heterocycles. The first-order chi connectivity index (χ1) is 7.07. The van der Waals surface area contributed by atoms with Gasteiger partial charge in [0.25, 0.3) is 0 Å². The van der Waals surface area contributed by atoms with E-state index in [4.69, 9.17) is 0 Å². The highest BCUT2D eigenvalue weighted by Gasteiger charge is 2.30. The molecule has 0 aliphatic carbocycles. The molecule has 2 atom stereocenters. The molecule has 0 amide bonds. The van der Waals surface area contributed by atoms with E-state index in [0.717, 1.165) is 32.6 Å². The number of piperazine rings is 1. The van der Waals surface area contributed by atoms with E-state index in [1.165, 1.54) is 0 Å². The lowest BCUT2D eigenvalue weighted by molar-refractivity contribution is 0.153. The smallest absolute Gasteiger partial charge is 0.150 e. The second-order valence-electron chi connectivity index (χ2n) is 4.82. The topological polar surface area (TPSA) is 49.4 Å². The van der Waals surface area contributed by atoms with Crippen molar-refractivity contribution in [3.63, 3.8) is 0 Å². The second kappa shape index (κ2) is 4.39. The third-order valence-electron chi connectivity index (χ3n) is 3.46. The first-order valence-electron chi connectivity index (χ1n) is 5.72. The van der Waals surface area contributed by atoms with Crippen LogP contribution >= 0.6 is 0 Å². The normalized spacial score (nSPS) is 36.9. The fraction of sp³-hybridized carbons (Fsp3) is 1.00. The van der Waals surface area contributed by atoms with Crippen LogP contribution in [0.5, 0.6) is 0 Å². The summed E-state index contributed by atoms with van der Waals surface area (Å²) >= 11 is 0. The Labute approximate surface area is 91.9 Å². The molecule has 1 N–H and O–H groups in total. The van der Waals surface area contributed by atoms with Crippen LogP contribution in [0.1, 0.15) is 13.3 Å². The Morgan fingerprint density at radius 1 is 1.47 bits per heavy atom. The monoisotopic (exact) mass is 232 g/mol. The highest BCUT2D eigenvalue weighted by atomic mass is 32.2. The molecule has 2 unspecified atom stereocenters. The molecule has 0 spiro atoms. The summed E-state index contributed by atoms with van der Waals surface area (Å²) in [6, 6.07) is 0.544. The Morgan fingerprint density at radius 3 is 2.87 bits per heavy atom. The number of nitrogens with one attached hydrogen (secondary N) is 1. The van der Waals surface area contributed by atoms with Crippen LogP contribution in [0.4, 0.5) is 0 Å². The van der Waals surface area contributed by atoms with Gasteiger partial charge in [-0.15, -0.1) is 0 Å². The first kappa shape index (κ1) is 11.4. The van der Waals surface area contributed by atoms with E-state index >= 15 is 0 Å². The molecule has 0 radical (unpaired) electrons. The zero-order chi connectivity index (χ0) is 10.9. The molecule has 0 aromatic rings. The van der Waals surface area contributed by atoms with Crippen LogP contribution in [-0.4, -0.2) is 57.0 Å². The highest BCUT2D eigenvalue weighted by Crippen LogP contribution is 2.20. The Balaban J connectivity index is 1.86. The summed E-state index contributed by atoms with van der Waals surface area (Å²) in [4.78, 5) is 2.42. The fourth-order valence-corrected chi connectivity index (χ4v) is 4.35. The summed E-state index contributed by atoms with van der Waals surface area (Å²) in [7, 11) is -2.71. The van der Waals surface area contributed by atoms with Crippen LogP contribution in [0.3, 0.4) is 0 Å². The largest absolute Gasteiger partial charge is 0.314 e. The van der Waals surface area contributed by atoms with Crippen molar-refractivity contribution in [1.29, 1.82) is 0 Å². The van der Waals surface area contributed by atoms with E-state index in [9.17, 15) is 8.42 Å². The predicted molar refractivity (Wildman–Crippen MR) is 60.7 cm³/mol. The van der Waals surface area contributed by atoms with Crippen molar-refractivity contribution in [3.8, 4) is 0 Å². The second-order valence-corrected chi connectivity index (χ2v) is 7.05. The van der Waals surface area contributed by atoms with Gasteiger partial charge < -0.3 is 5.32 Å². The predicted octanol–water partition coefficient (Wildman–Crippen LogP) is -0.285. The van der Waals surface area contributed by atoms with E-state index in [1.807, 2.05) is 0 Å². The van der Waals surface area contributed by atoms with Crippen LogP contribution in [0.2, 0.25) is 0 Å². The molecule has 0 saturated carbocycles. The minimum absolute atomic E-state index is 0.371. The van der Waals surface area contributed by atoms with Crippen LogP contribution < -0.4 is 5.32 Å². The van der Waals surface area contributed by atoms with E-state index in [2.05, 4.69) is 17.1 Å². The molecule has 2 fully saturated rings. The Bertz CT molecular complexity index is 315. The minimum Gasteiger partial charge on any atom is -0.314 e. The molecule has 2 saturated heterocycles. The highest BCUT2D eigenvalue weighted by molar-refractivity contribution is 7.91. The lowest BCUT2D eigenvalue weighted by Gasteiger charge is -2.35. The number of hydrogen-bond donors (Lipinski definition) is 1. The van der Waals surface area contributed by atoms with Crippen molar-refractivity contribution in [2.45, 2.75) is 19.4 Å². The van der Waals surface area contributed by atoms with Crippen molar-refractivity contribution in [3.05, 3.63) is 0 Å². The van der Waals surface area contributed by atoms with Crippen molar-refractivity contribution < 1.29 is 8.42 Å². The van der Waals surface area contributed by atoms with Gasteiger partial charge in [0.2, 0.25) is 0 Å². The molecule has 0 aromatic heterocycles. The molecule has 2 rings (SSSR count). The van der Waals surface area contributed by atoms with Gasteiger partial charge in [0.15, 0.2) is 9.84 Å². The molecular formula is C10H20N2O2S. The Morgan fingerprint density at radius 2 is 2.27 bits per heavy atom. The Kier molecular flexibility index (Phi) is 3.33. The molecular weight excluding hydrogens is 212 g/mol. The van der Waals surface area contributed by atoms with E-state index in [-0.39, 0.29) is 0 Å². The van der Waals surface area contributed by atoms with Crippen LogP contribution in [0.15, 0.2) is 0 Å². The quantitative estimate of drug-likeness (QED) is 0.711. The molecule has 88 valence electrons. The Hall–Kier alpha value is -0.130. The number of hydrogen-bond acceptors (Lipinski definition) is 4. The van der Waals surface area contributed by atoms with Gasteiger partial charge in [0, 0.05) is 32.2 Å².